The van der Waals surface area contributed by atoms with Crippen LogP contribution in [0.4, 0.5) is 0 Å². The maximum Gasteiger partial charge on any atom is 0.235 e. The summed E-state index contributed by atoms with van der Waals surface area (Å²) in [4.78, 5) is 11.8. The molecule has 0 spiro atoms. The highest BCUT2D eigenvalue weighted by atomic mass is 16.2. The molecule has 1 N–H and O–H groups in total. The monoisotopic (exact) mass is 209 g/mol. The van der Waals surface area contributed by atoms with E-state index in [2.05, 4.69) is 33.4 Å². The van der Waals surface area contributed by atoms with Crippen molar-refractivity contribution >= 4 is 5.91 Å². The third kappa shape index (κ3) is 3.20. The number of quaternary nitrogens is 1. The first-order valence-corrected chi connectivity index (χ1v) is 5.41. The molecule has 84 valence electrons. The Bertz CT molecular complexity index is 274. The van der Waals surface area contributed by atoms with Crippen LogP contribution >= 0.6 is 0 Å². The number of carbonyl (C=O) groups is 1. The zero-order chi connectivity index (χ0) is 11.5. The Kier molecular flexibility index (Phi) is 3.69. The lowest BCUT2D eigenvalue weighted by atomic mass is 10.1. The Hall–Kier alpha value is -1.09. The fourth-order valence-corrected chi connectivity index (χ4v) is 1.71. The van der Waals surface area contributed by atoms with E-state index >= 15 is 0 Å². The Morgan fingerprint density at radius 3 is 2.27 bits per heavy atom. The van der Waals surface area contributed by atoms with Crippen molar-refractivity contribution in [3.8, 4) is 0 Å². The number of allylic oxidation sites excluding steroid dienone is 2. The smallest absolute Gasteiger partial charge is 0.235 e. The summed E-state index contributed by atoms with van der Waals surface area (Å²) in [7, 11) is 6.28. The highest BCUT2D eigenvalue weighted by Crippen LogP contribution is 2.11. The summed E-state index contributed by atoms with van der Waals surface area (Å²) < 4.78 is 0.752. The van der Waals surface area contributed by atoms with Gasteiger partial charge in [0.15, 0.2) is 6.17 Å². The summed E-state index contributed by atoms with van der Waals surface area (Å²) in [6.45, 7) is 2.09. The highest BCUT2D eigenvalue weighted by Gasteiger charge is 2.25. The van der Waals surface area contributed by atoms with Crippen molar-refractivity contribution < 1.29 is 9.28 Å². The highest BCUT2D eigenvalue weighted by molar-refractivity contribution is 5.83. The van der Waals surface area contributed by atoms with Crippen LogP contribution in [0.3, 0.4) is 0 Å². The Morgan fingerprint density at radius 1 is 1.33 bits per heavy atom. The van der Waals surface area contributed by atoms with E-state index in [0.717, 1.165) is 10.9 Å². The molecule has 0 saturated carbocycles. The van der Waals surface area contributed by atoms with E-state index in [1.165, 1.54) is 0 Å². The second kappa shape index (κ2) is 4.62. The largest absolute Gasteiger partial charge is 0.311 e. The van der Waals surface area contributed by atoms with Crippen molar-refractivity contribution in [2.45, 2.75) is 19.5 Å². The van der Waals surface area contributed by atoms with Crippen molar-refractivity contribution in [2.75, 3.05) is 21.1 Å². The van der Waals surface area contributed by atoms with E-state index in [1.807, 2.05) is 24.3 Å². The second-order valence-corrected chi connectivity index (χ2v) is 4.84. The quantitative estimate of drug-likeness (QED) is 0.548. The van der Waals surface area contributed by atoms with Gasteiger partial charge in [0.25, 0.3) is 0 Å². The summed E-state index contributed by atoms with van der Waals surface area (Å²) in [5.41, 5.74) is 0. The number of amides is 1. The van der Waals surface area contributed by atoms with Crippen LogP contribution in [0, 0.1) is 5.92 Å². The number of nitrogens with zero attached hydrogens (tertiary/aromatic N) is 1. The molecule has 15 heavy (non-hydrogen) atoms. The molecule has 0 aromatic heterocycles. The summed E-state index contributed by atoms with van der Waals surface area (Å²) in [6, 6.07) is 0. The van der Waals surface area contributed by atoms with Gasteiger partial charge in [-0.15, -0.1) is 0 Å². The molecule has 1 rings (SSSR count). The lowest BCUT2D eigenvalue weighted by Gasteiger charge is -2.34. The summed E-state index contributed by atoms with van der Waals surface area (Å²) in [5, 5.41) is 3.08. The molecule has 0 bridgehead atoms. The summed E-state index contributed by atoms with van der Waals surface area (Å²) >= 11 is 0. The molecular formula is C12H21N2O+. The molecule has 0 fully saturated rings. The minimum absolute atomic E-state index is 0.0781. The molecule has 0 saturated heterocycles. The molecule has 1 unspecified atom stereocenters. The van der Waals surface area contributed by atoms with Gasteiger partial charge in [-0.2, -0.15) is 0 Å². The van der Waals surface area contributed by atoms with E-state index in [9.17, 15) is 4.79 Å². The number of nitrogens with one attached hydrogen (secondary N) is 1. The summed E-state index contributed by atoms with van der Waals surface area (Å²) in [5.74, 6) is 0.0190. The van der Waals surface area contributed by atoms with Gasteiger partial charge < -0.3 is 9.80 Å². The molecule has 1 atom stereocenters. The molecule has 3 nitrogen and oxygen atoms in total. The normalized spacial score (nSPS) is 18.1. The van der Waals surface area contributed by atoms with E-state index in [-0.39, 0.29) is 18.0 Å². The molecule has 0 aliphatic heterocycles. The average molecular weight is 209 g/mol. The standard InChI is InChI=1S/C12H20N2O/c1-5-11(14(2,3)4)13-12(15)10-8-6-7-9-10/h6-11H,5H2,1-4H3/p+1. The van der Waals surface area contributed by atoms with Gasteiger partial charge in [-0.1, -0.05) is 31.2 Å². The van der Waals surface area contributed by atoms with Crippen LogP contribution in [0.15, 0.2) is 24.3 Å². The molecular weight excluding hydrogens is 188 g/mol. The first-order chi connectivity index (χ1) is 6.95. The van der Waals surface area contributed by atoms with Crippen LogP contribution in [0.25, 0.3) is 0 Å². The lowest BCUT2D eigenvalue weighted by molar-refractivity contribution is -0.898. The fourth-order valence-electron chi connectivity index (χ4n) is 1.71. The van der Waals surface area contributed by atoms with Crippen molar-refractivity contribution in [1.29, 1.82) is 0 Å². The Balaban J connectivity index is 2.56. The van der Waals surface area contributed by atoms with Crippen LogP contribution in [0.1, 0.15) is 13.3 Å². The average Bonchev–Trinajstić information content (AvgIpc) is 2.64. The van der Waals surface area contributed by atoms with E-state index in [0.29, 0.717) is 0 Å². The minimum atomic E-state index is -0.0781. The minimum Gasteiger partial charge on any atom is -0.311 e. The first kappa shape index (κ1) is 12.0. The third-order valence-electron chi connectivity index (χ3n) is 2.68. The summed E-state index contributed by atoms with van der Waals surface area (Å²) in [6.07, 6.45) is 8.78. The fraction of sp³-hybridized carbons (Fsp3) is 0.583. The van der Waals surface area contributed by atoms with Crippen LogP contribution in [0.2, 0.25) is 0 Å². The molecule has 1 amide bonds. The molecule has 0 aromatic rings. The second-order valence-electron chi connectivity index (χ2n) is 4.84. The van der Waals surface area contributed by atoms with Crippen molar-refractivity contribution in [3.05, 3.63) is 24.3 Å². The number of carbonyl (C=O) groups excluding carboxylic acids is 1. The number of rotatable bonds is 4. The molecule has 3 heteroatoms. The van der Waals surface area contributed by atoms with Gasteiger partial charge in [0, 0.05) is 6.42 Å². The first-order valence-electron chi connectivity index (χ1n) is 5.41. The van der Waals surface area contributed by atoms with E-state index < -0.39 is 0 Å². The maximum atomic E-state index is 11.8. The van der Waals surface area contributed by atoms with Gasteiger partial charge in [-0.25, -0.2) is 0 Å². The molecule has 1 aliphatic carbocycles. The van der Waals surface area contributed by atoms with Crippen LogP contribution in [-0.4, -0.2) is 37.7 Å². The maximum absolute atomic E-state index is 11.8. The lowest BCUT2D eigenvalue weighted by Crippen LogP contribution is -2.55. The van der Waals surface area contributed by atoms with Crippen molar-refractivity contribution in [1.82, 2.24) is 5.32 Å². The van der Waals surface area contributed by atoms with Gasteiger partial charge in [-0.05, 0) is 0 Å². The third-order valence-corrected chi connectivity index (χ3v) is 2.68. The predicted molar refractivity (Wildman–Crippen MR) is 62.0 cm³/mol. The van der Waals surface area contributed by atoms with Crippen LogP contribution in [0.5, 0.6) is 0 Å². The topological polar surface area (TPSA) is 29.1 Å². The Labute approximate surface area is 92.0 Å². The van der Waals surface area contributed by atoms with E-state index in [4.69, 9.17) is 0 Å². The van der Waals surface area contributed by atoms with Crippen LogP contribution < -0.4 is 5.32 Å². The number of hydrogen-bond donors (Lipinski definition) is 1. The van der Waals surface area contributed by atoms with Crippen molar-refractivity contribution in [2.24, 2.45) is 5.92 Å². The molecule has 0 heterocycles. The van der Waals surface area contributed by atoms with E-state index in [1.54, 1.807) is 0 Å². The zero-order valence-corrected chi connectivity index (χ0v) is 10.0. The number of hydrogen-bond acceptors (Lipinski definition) is 1. The van der Waals surface area contributed by atoms with Gasteiger partial charge in [0.2, 0.25) is 5.91 Å². The SMILES string of the molecule is CCC(NC(=O)C1C=CC=C1)[N+](C)(C)C. The zero-order valence-electron chi connectivity index (χ0n) is 10.0. The van der Waals surface area contributed by atoms with Gasteiger partial charge in [0.1, 0.15) is 0 Å². The molecule has 0 aromatic carbocycles. The van der Waals surface area contributed by atoms with Gasteiger partial charge in [0.05, 0.1) is 27.1 Å². The predicted octanol–water partition coefficient (Wildman–Crippen LogP) is 1.29. The van der Waals surface area contributed by atoms with Gasteiger partial charge >= 0.3 is 0 Å². The van der Waals surface area contributed by atoms with Crippen molar-refractivity contribution in [3.63, 3.8) is 0 Å². The Morgan fingerprint density at radius 2 is 1.87 bits per heavy atom. The molecule has 0 radical (unpaired) electrons. The van der Waals surface area contributed by atoms with Gasteiger partial charge in [-0.3, -0.25) is 4.79 Å². The van der Waals surface area contributed by atoms with Crippen LogP contribution in [-0.2, 0) is 4.79 Å². The molecule has 1 aliphatic rings.